The van der Waals surface area contributed by atoms with Gasteiger partial charge in [0.05, 0.1) is 19.7 Å². The number of aliphatic hydroxyl groups is 1. The highest BCUT2D eigenvalue weighted by molar-refractivity contribution is 5.81. The Bertz CT molecular complexity index is 1300. The van der Waals surface area contributed by atoms with Crippen LogP contribution in [-0.2, 0) is 5.60 Å². The van der Waals surface area contributed by atoms with Crippen molar-refractivity contribution in [2.75, 3.05) is 14.2 Å². The summed E-state index contributed by atoms with van der Waals surface area (Å²) in [5.74, 6) is 1.73. The summed E-state index contributed by atoms with van der Waals surface area (Å²) in [5, 5.41) is 12.0. The molecule has 3 unspecified atom stereocenters. The number of fused-ring (bicyclic) bond motifs is 1. The minimum Gasteiger partial charge on any atom is -0.497 e. The van der Waals surface area contributed by atoms with Crippen LogP contribution in [0.2, 0.25) is 0 Å². The van der Waals surface area contributed by atoms with Crippen molar-refractivity contribution >= 4 is 11.0 Å². The average Bonchev–Trinajstić information content (AvgIpc) is 3.31. The molecule has 1 aromatic heterocycles. The number of methoxy groups -OCH3 is 2. The summed E-state index contributed by atoms with van der Waals surface area (Å²) < 4.78 is 17.6. The second-order valence-electron chi connectivity index (χ2n) is 8.96. The number of H-pyrrole nitrogens is 2. The summed E-state index contributed by atoms with van der Waals surface area (Å²) in [4.78, 5) is 17.7. The summed E-state index contributed by atoms with van der Waals surface area (Å²) in [5.41, 5.74) is 7.34. The average molecular weight is 492 g/mol. The molecule has 0 aliphatic carbocycles. The van der Waals surface area contributed by atoms with Gasteiger partial charge in [-0.15, -0.1) is 0 Å². The van der Waals surface area contributed by atoms with Crippen molar-refractivity contribution in [2.24, 2.45) is 11.7 Å². The van der Waals surface area contributed by atoms with Crippen molar-refractivity contribution < 1.29 is 19.3 Å². The van der Waals surface area contributed by atoms with E-state index >= 15 is 0 Å². The fourth-order valence-corrected chi connectivity index (χ4v) is 4.51. The molecule has 0 aliphatic heterocycles. The Morgan fingerprint density at radius 1 is 0.917 bits per heavy atom. The number of nitrogens with one attached hydrogen (secondary N) is 2. The lowest BCUT2D eigenvalue weighted by Gasteiger charge is -2.43. The van der Waals surface area contributed by atoms with Gasteiger partial charge < -0.3 is 35.0 Å². The third kappa shape index (κ3) is 4.57. The second-order valence-corrected chi connectivity index (χ2v) is 8.96. The van der Waals surface area contributed by atoms with E-state index in [2.05, 4.69) is 9.97 Å². The highest BCUT2D eigenvalue weighted by Crippen LogP contribution is 2.42. The number of aromatic amines is 2. The van der Waals surface area contributed by atoms with Gasteiger partial charge in [0.15, 0.2) is 5.60 Å². The predicted molar refractivity (Wildman–Crippen MR) is 140 cm³/mol. The normalized spacial score (nSPS) is 14.3. The monoisotopic (exact) mass is 491 g/mol. The van der Waals surface area contributed by atoms with Gasteiger partial charge in [0.2, 0.25) is 0 Å². The van der Waals surface area contributed by atoms with Crippen molar-refractivity contribution in [1.29, 1.82) is 0 Å². The highest BCUT2D eigenvalue weighted by Gasteiger charge is 2.48. The van der Waals surface area contributed by atoms with Gasteiger partial charge in [-0.25, -0.2) is 4.79 Å². The highest BCUT2D eigenvalue weighted by atomic mass is 16.5. The number of ether oxygens (including phenoxy) is 3. The van der Waals surface area contributed by atoms with E-state index in [1.165, 1.54) is 0 Å². The molecule has 3 aromatic carbocycles. The first kappa shape index (κ1) is 25.3. The molecule has 8 heteroatoms. The van der Waals surface area contributed by atoms with Crippen molar-refractivity contribution in [2.45, 2.75) is 38.0 Å². The molecule has 8 nitrogen and oxygen atoms in total. The van der Waals surface area contributed by atoms with Crippen LogP contribution in [0.15, 0.2) is 71.5 Å². The van der Waals surface area contributed by atoms with Crippen molar-refractivity contribution in [1.82, 2.24) is 9.97 Å². The van der Waals surface area contributed by atoms with Gasteiger partial charge in [0.1, 0.15) is 28.9 Å². The summed E-state index contributed by atoms with van der Waals surface area (Å²) >= 11 is 0. The lowest BCUT2D eigenvalue weighted by Crippen LogP contribution is -2.56. The first-order valence-electron chi connectivity index (χ1n) is 12.0. The smallest absolute Gasteiger partial charge is 0.323 e. The van der Waals surface area contributed by atoms with Gasteiger partial charge in [-0.2, -0.15) is 0 Å². The lowest BCUT2D eigenvalue weighted by molar-refractivity contribution is -0.0509. The Morgan fingerprint density at radius 3 is 1.97 bits per heavy atom. The van der Waals surface area contributed by atoms with Crippen LogP contribution >= 0.6 is 0 Å². The van der Waals surface area contributed by atoms with Crippen LogP contribution < -0.4 is 25.6 Å². The first-order valence-corrected chi connectivity index (χ1v) is 12.0. The predicted octanol–water partition coefficient (Wildman–Crippen LogP) is 3.93. The van der Waals surface area contributed by atoms with Crippen LogP contribution in [0, 0.1) is 5.92 Å². The molecule has 5 N–H and O–H groups in total. The Hall–Kier alpha value is -3.75. The molecule has 0 saturated heterocycles. The maximum atomic E-state index is 12.1. The van der Waals surface area contributed by atoms with Gasteiger partial charge in [0.25, 0.3) is 0 Å². The number of nitrogens with two attached hydrogens (primary N) is 1. The Balaban J connectivity index is 2.00. The third-order valence-corrected chi connectivity index (χ3v) is 6.90. The fourth-order valence-electron chi connectivity index (χ4n) is 4.51. The zero-order valence-corrected chi connectivity index (χ0v) is 20.9. The number of benzene rings is 3. The third-order valence-electron chi connectivity index (χ3n) is 6.90. The molecule has 0 saturated carbocycles. The molecule has 190 valence electrons. The van der Waals surface area contributed by atoms with Crippen LogP contribution in [0.3, 0.4) is 0 Å². The van der Waals surface area contributed by atoms with Crippen molar-refractivity contribution in [3.8, 4) is 17.2 Å². The number of aliphatic hydroxyl groups excluding tert-OH is 1. The second kappa shape index (κ2) is 10.5. The number of imidazole rings is 1. The quantitative estimate of drug-likeness (QED) is 0.267. The van der Waals surface area contributed by atoms with E-state index in [4.69, 9.17) is 19.9 Å². The molecule has 4 aromatic rings. The number of aromatic nitrogens is 2. The largest absolute Gasteiger partial charge is 0.497 e. The molecule has 4 rings (SSSR count). The van der Waals surface area contributed by atoms with E-state index in [1.807, 2.05) is 62.4 Å². The van der Waals surface area contributed by atoms with Crippen LogP contribution in [0.4, 0.5) is 0 Å². The molecular weight excluding hydrogens is 458 g/mol. The summed E-state index contributed by atoms with van der Waals surface area (Å²) in [6.07, 6.45) is -0.379. The number of para-hydroxylation sites is 1. The molecule has 0 fully saturated rings. The van der Waals surface area contributed by atoms with E-state index in [-0.39, 0.29) is 11.6 Å². The minimum atomic E-state index is -1.43. The molecule has 0 radical (unpaired) electrons. The van der Waals surface area contributed by atoms with E-state index in [0.29, 0.717) is 39.4 Å². The standard InChI is InChI=1S/C28H33N3O5/c1-5-17(2)24(29)26(32)28(18-9-13-20(34-3)14-10-18,19-11-15-21(35-4)16-12-19)36-23-8-6-7-22-25(23)31-27(33)30-22/h6-17,24,26,32H,5,29H2,1-4H3,(H2,30,31,33). The SMILES string of the molecule is CCC(C)C(N)C(O)C(Oc1cccc2[nH]c(=O)[nH]c12)(c1ccc(OC)cc1)c1ccc(OC)cc1. The molecule has 0 amide bonds. The summed E-state index contributed by atoms with van der Waals surface area (Å²) in [6, 6.07) is 19.4. The molecule has 36 heavy (non-hydrogen) atoms. The Morgan fingerprint density at radius 2 is 1.47 bits per heavy atom. The maximum absolute atomic E-state index is 12.1. The maximum Gasteiger partial charge on any atom is 0.323 e. The van der Waals surface area contributed by atoms with Crippen LogP contribution in [0.25, 0.3) is 11.0 Å². The lowest BCUT2D eigenvalue weighted by atomic mass is 9.75. The van der Waals surface area contributed by atoms with E-state index in [1.54, 1.807) is 32.4 Å². The van der Waals surface area contributed by atoms with Gasteiger partial charge in [-0.1, -0.05) is 50.6 Å². The summed E-state index contributed by atoms with van der Waals surface area (Å²) in [7, 11) is 3.19. The van der Waals surface area contributed by atoms with E-state index in [9.17, 15) is 9.90 Å². The van der Waals surface area contributed by atoms with Gasteiger partial charge in [-0.3, -0.25) is 0 Å². The van der Waals surface area contributed by atoms with Crippen LogP contribution in [0.5, 0.6) is 17.2 Å². The zero-order chi connectivity index (χ0) is 25.9. The molecule has 3 atom stereocenters. The zero-order valence-electron chi connectivity index (χ0n) is 20.9. The van der Waals surface area contributed by atoms with Gasteiger partial charge in [0, 0.05) is 17.2 Å². The molecular formula is C28H33N3O5. The molecule has 1 heterocycles. The minimum absolute atomic E-state index is 0.00216. The molecule has 0 spiro atoms. The first-order chi connectivity index (χ1) is 17.3. The van der Waals surface area contributed by atoms with Gasteiger partial charge in [-0.05, 0) is 42.3 Å². The molecule has 0 bridgehead atoms. The number of hydrogen-bond donors (Lipinski definition) is 4. The Kier molecular flexibility index (Phi) is 7.37. The fraction of sp³-hybridized carbons (Fsp3) is 0.321. The van der Waals surface area contributed by atoms with Crippen molar-refractivity contribution in [3.05, 3.63) is 88.3 Å². The summed E-state index contributed by atoms with van der Waals surface area (Å²) in [6.45, 7) is 4.04. The van der Waals surface area contributed by atoms with Crippen molar-refractivity contribution in [3.63, 3.8) is 0 Å². The number of hydrogen-bond acceptors (Lipinski definition) is 6. The number of rotatable bonds is 10. The Labute approximate surface area is 210 Å². The molecule has 0 aliphatic rings. The topological polar surface area (TPSA) is 123 Å². The van der Waals surface area contributed by atoms with Crippen LogP contribution in [0.1, 0.15) is 31.4 Å². The van der Waals surface area contributed by atoms with Crippen LogP contribution in [-0.4, -0.2) is 41.4 Å². The van der Waals surface area contributed by atoms with Gasteiger partial charge >= 0.3 is 5.69 Å². The van der Waals surface area contributed by atoms with E-state index in [0.717, 1.165) is 6.42 Å². The van der Waals surface area contributed by atoms with E-state index < -0.39 is 17.7 Å².